The maximum absolute atomic E-state index is 13.1. The number of likely N-dealkylation sites (tertiary alicyclic amines) is 1. The SMILES string of the molecule is CC[C@@H](NC(=O)[C@H]1CCCN(Cc2ccc(F)cc2)C1)c1ccc(OC)c(OC)c1. The zero-order valence-corrected chi connectivity index (χ0v) is 18.0. The Morgan fingerprint density at radius 2 is 1.90 bits per heavy atom. The van der Waals surface area contributed by atoms with Gasteiger partial charge in [-0.05, 0) is 61.2 Å². The highest BCUT2D eigenvalue weighted by atomic mass is 19.1. The number of amides is 1. The summed E-state index contributed by atoms with van der Waals surface area (Å²) in [5.74, 6) is 1.14. The van der Waals surface area contributed by atoms with Gasteiger partial charge in [-0.1, -0.05) is 25.1 Å². The average Bonchev–Trinajstić information content (AvgIpc) is 2.78. The number of methoxy groups -OCH3 is 2. The van der Waals surface area contributed by atoms with Crippen molar-refractivity contribution in [2.75, 3.05) is 27.3 Å². The summed E-state index contributed by atoms with van der Waals surface area (Å²) in [5.41, 5.74) is 2.07. The minimum absolute atomic E-state index is 0.0478. The number of nitrogens with one attached hydrogen (secondary N) is 1. The Hall–Kier alpha value is -2.60. The van der Waals surface area contributed by atoms with Gasteiger partial charge in [0.2, 0.25) is 5.91 Å². The lowest BCUT2D eigenvalue weighted by Gasteiger charge is -2.33. The first-order valence-electron chi connectivity index (χ1n) is 10.5. The van der Waals surface area contributed by atoms with E-state index in [-0.39, 0.29) is 23.7 Å². The topological polar surface area (TPSA) is 50.8 Å². The number of halogens is 1. The van der Waals surface area contributed by atoms with Crippen LogP contribution in [0.3, 0.4) is 0 Å². The maximum Gasteiger partial charge on any atom is 0.224 e. The largest absolute Gasteiger partial charge is 0.493 e. The van der Waals surface area contributed by atoms with Gasteiger partial charge in [-0.3, -0.25) is 9.69 Å². The molecule has 2 atom stereocenters. The summed E-state index contributed by atoms with van der Waals surface area (Å²) >= 11 is 0. The number of nitrogens with zero attached hydrogens (tertiary/aromatic N) is 1. The van der Waals surface area contributed by atoms with Crippen molar-refractivity contribution < 1.29 is 18.7 Å². The van der Waals surface area contributed by atoms with Crippen LogP contribution in [0.15, 0.2) is 42.5 Å². The molecule has 6 heteroatoms. The van der Waals surface area contributed by atoms with Crippen molar-refractivity contribution in [1.82, 2.24) is 10.2 Å². The van der Waals surface area contributed by atoms with Crippen molar-refractivity contribution in [3.8, 4) is 11.5 Å². The number of benzene rings is 2. The van der Waals surface area contributed by atoms with Crippen molar-refractivity contribution in [2.45, 2.75) is 38.8 Å². The molecule has 0 radical (unpaired) electrons. The fourth-order valence-corrected chi connectivity index (χ4v) is 4.04. The van der Waals surface area contributed by atoms with Gasteiger partial charge in [0.1, 0.15) is 5.82 Å². The van der Waals surface area contributed by atoms with E-state index in [1.807, 2.05) is 30.3 Å². The van der Waals surface area contributed by atoms with Crippen molar-refractivity contribution >= 4 is 5.91 Å². The standard InChI is InChI=1S/C24H31FN2O3/c1-4-21(18-9-12-22(29-2)23(14-18)30-3)26-24(28)19-6-5-13-27(16-19)15-17-7-10-20(25)11-8-17/h7-12,14,19,21H,4-6,13,15-16H2,1-3H3,(H,26,28)/t19-,21+/m0/s1. The van der Waals surface area contributed by atoms with Crippen molar-refractivity contribution in [1.29, 1.82) is 0 Å². The summed E-state index contributed by atoms with van der Waals surface area (Å²) in [6.45, 7) is 4.46. The van der Waals surface area contributed by atoms with Crippen molar-refractivity contribution in [2.24, 2.45) is 5.92 Å². The fraction of sp³-hybridized carbons (Fsp3) is 0.458. The molecule has 2 aromatic rings. The highest BCUT2D eigenvalue weighted by molar-refractivity contribution is 5.79. The monoisotopic (exact) mass is 414 g/mol. The number of ether oxygens (including phenoxy) is 2. The number of hydrogen-bond donors (Lipinski definition) is 1. The van der Waals surface area contributed by atoms with Crippen LogP contribution in [0.2, 0.25) is 0 Å². The van der Waals surface area contributed by atoms with Gasteiger partial charge in [-0.25, -0.2) is 4.39 Å². The average molecular weight is 415 g/mol. The summed E-state index contributed by atoms with van der Waals surface area (Å²) < 4.78 is 23.8. The molecular formula is C24H31FN2O3. The normalized spacial score (nSPS) is 17.9. The van der Waals surface area contributed by atoms with Crippen molar-refractivity contribution in [3.63, 3.8) is 0 Å². The molecule has 1 fully saturated rings. The van der Waals surface area contributed by atoms with Crippen molar-refractivity contribution in [3.05, 3.63) is 59.4 Å². The molecular weight excluding hydrogens is 383 g/mol. The molecule has 0 bridgehead atoms. The first-order valence-corrected chi connectivity index (χ1v) is 10.5. The Balaban J connectivity index is 1.62. The van der Waals surface area contributed by atoms with Gasteiger partial charge in [-0.2, -0.15) is 0 Å². The van der Waals surface area contributed by atoms with E-state index >= 15 is 0 Å². The summed E-state index contributed by atoms with van der Waals surface area (Å²) in [7, 11) is 3.22. The van der Waals surface area contributed by atoms with E-state index < -0.39 is 0 Å². The molecule has 0 aliphatic carbocycles. The van der Waals surface area contributed by atoms with Crippen LogP contribution in [-0.4, -0.2) is 38.1 Å². The van der Waals surface area contributed by atoms with Crippen LogP contribution < -0.4 is 14.8 Å². The third-order valence-electron chi connectivity index (χ3n) is 5.73. The minimum atomic E-state index is -0.226. The van der Waals surface area contributed by atoms with Gasteiger partial charge in [0, 0.05) is 13.1 Å². The number of hydrogen-bond acceptors (Lipinski definition) is 4. The molecule has 1 N–H and O–H groups in total. The van der Waals surface area contributed by atoms with E-state index in [2.05, 4.69) is 17.1 Å². The quantitative estimate of drug-likeness (QED) is 0.699. The van der Waals surface area contributed by atoms with Crippen LogP contribution in [0.4, 0.5) is 4.39 Å². The third kappa shape index (κ3) is 5.51. The molecule has 1 amide bonds. The van der Waals surface area contributed by atoms with Crippen LogP contribution >= 0.6 is 0 Å². The lowest BCUT2D eigenvalue weighted by Crippen LogP contribution is -2.43. The molecule has 1 aliphatic heterocycles. The van der Waals surface area contributed by atoms with Gasteiger partial charge < -0.3 is 14.8 Å². The molecule has 0 saturated carbocycles. The molecule has 30 heavy (non-hydrogen) atoms. The Labute approximate surface area is 178 Å². The molecule has 2 aromatic carbocycles. The van der Waals surface area contributed by atoms with E-state index in [4.69, 9.17) is 9.47 Å². The fourth-order valence-electron chi connectivity index (χ4n) is 4.04. The lowest BCUT2D eigenvalue weighted by molar-refractivity contribution is -0.127. The van der Waals surface area contributed by atoms with Gasteiger partial charge in [0.15, 0.2) is 11.5 Å². The predicted octanol–water partition coefficient (Wildman–Crippen LogP) is 4.32. The smallest absolute Gasteiger partial charge is 0.224 e. The number of carbonyl (C=O) groups excluding carboxylic acids is 1. The van der Waals surface area contributed by atoms with E-state index in [1.165, 1.54) is 12.1 Å². The van der Waals surface area contributed by atoms with E-state index in [9.17, 15) is 9.18 Å². The van der Waals surface area contributed by atoms with Crippen LogP contribution in [-0.2, 0) is 11.3 Å². The minimum Gasteiger partial charge on any atom is -0.493 e. The highest BCUT2D eigenvalue weighted by Gasteiger charge is 2.27. The van der Waals surface area contributed by atoms with Crippen LogP contribution in [0, 0.1) is 11.7 Å². The van der Waals surface area contributed by atoms with E-state index in [0.717, 1.165) is 43.5 Å². The second-order valence-corrected chi connectivity index (χ2v) is 7.78. The first kappa shape index (κ1) is 22.1. The van der Waals surface area contributed by atoms with Gasteiger partial charge in [-0.15, -0.1) is 0 Å². The zero-order chi connectivity index (χ0) is 21.5. The molecule has 0 unspecified atom stereocenters. The van der Waals surface area contributed by atoms with Gasteiger partial charge in [0.25, 0.3) is 0 Å². The molecule has 1 aliphatic rings. The van der Waals surface area contributed by atoms with Gasteiger partial charge in [0.05, 0.1) is 26.2 Å². The van der Waals surface area contributed by atoms with Gasteiger partial charge >= 0.3 is 0 Å². The summed E-state index contributed by atoms with van der Waals surface area (Å²) in [4.78, 5) is 15.3. The summed E-state index contributed by atoms with van der Waals surface area (Å²) in [5, 5.41) is 3.22. The Bertz CT molecular complexity index is 841. The second kappa shape index (κ2) is 10.4. The molecule has 0 aromatic heterocycles. The zero-order valence-electron chi connectivity index (χ0n) is 18.0. The summed E-state index contributed by atoms with van der Waals surface area (Å²) in [6.07, 6.45) is 2.65. The predicted molar refractivity (Wildman–Crippen MR) is 115 cm³/mol. The van der Waals surface area contributed by atoms with E-state index in [0.29, 0.717) is 18.0 Å². The molecule has 3 rings (SSSR count). The van der Waals surface area contributed by atoms with Crippen LogP contribution in [0.5, 0.6) is 11.5 Å². The molecule has 162 valence electrons. The number of carbonyl (C=O) groups is 1. The molecule has 5 nitrogen and oxygen atoms in total. The Kier molecular flexibility index (Phi) is 7.69. The number of piperidine rings is 1. The molecule has 1 heterocycles. The van der Waals surface area contributed by atoms with Crippen LogP contribution in [0.1, 0.15) is 43.4 Å². The third-order valence-corrected chi connectivity index (χ3v) is 5.73. The van der Waals surface area contributed by atoms with Crippen LogP contribution in [0.25, 0.3) is 0 Å². The first-order chi connectivity index (χ1) is 14.5. The maximum atomic E-state index is 13.1. The second-order valence-electron chi connectivity index (χ2n) is 7.78. The lowest BCUT2D eigenvalue weighted by atomic mass is 9.95. The summed E-state index contributed by atoms with van der Waals surface area (Å²) in [6, 6.07) is 12.3. The number of rotatable bonds is 8. The molecule has 0 spiro atoms. The molecule has 1 saturated heterocycles. The highest BCUT2D eigenvalue weighted by Crippen LogP contribution is 2.31. The Morgan fingerprint density at radius 3 is 2.57 bits per heavy atom. The van der Waals surface area contributed by atoms with E-state index in [1.54, 1.807) is 14.2 Å². The Morgan fingerprint density at radius 1 is 1.17 bits per heavy atom.